The number of H-pyrrole nitrogens is 1. The predicted molar refractivity (Wildman–Crippen MR) is 66.4 cm³/mol. The summed E-state index contributed by atoms with van der Waals surface area (Å²) in [6.07, 6.45) is 1.07. The smallest absolute Gasteiger partial charge is 0.121 e. The van der Waals surface area contributed by atoms with Gasteiger partial charge in [-0.25, -0.2) is 0 Å². The molecular weight excluding hydrogens is 220 g/mol. The fourth-order valence-electron chi connectivity index (χ4n) is 1.69. The molecule has 0 aliphatic carbocycles. The van der Waals surface area contributed by atoms with Crippen LogP contribution in [0.1, 0.15) is 0 Å². The molecule has 0 aliphatic heterocycles. The van der Waals surface area contributed by atoms with Crippen LogP contribution in [0.4, 0.5) is 5.69 Å². The average molecular weight is 236 g/mol. The van der Waals surface area contributed by atoms with Gasteiger partial charge in [-0.3, -0.25) is 0 Å². The summed E-state index contributed by atoms with van der Waals surface area (Å²) in [7, 11) is 1.61. The van der Waals surface area contributed by atoms with Crippen LogP contribution in [-0.2, 0) is 0 Å². The molecule has 0 spiro atoms. The van der Waals surface area contributed by atoms with Gasteiger partial charge in [0, 0.05) is 24.2 Å². The first-order valence-corrected chi connectivity index (χ1v) is 5.42. The first-order chi connectivity index (χ1) is 8.24. The summed E-state index contributed by atoms with van der Waals surface area (Å²) in [6, 6.07) is 5.73. The van der Waals surface area contributed by atoms with E-state index in [1.807, 2.05) is 24.4 Å². The molecule has 1 heterocycles. The van der Waals surface area contributed by atoms with Crippen LogP contribution in [0.15, 0.2) is 24.4 Å². The number of hydrogen-bond donors (Lipinski definition) is 4. The third-order valence-corrected chi connectivity index (χ3v) is 2.61. The summed E-state index contributed by atoms with van der Waals surface area (Å²) in [5, 5.41) is 22.2. The molecule has 1 aromatic carbocycles. The molecule has 0 amide bonds. The number of ether oxygens (including phenoxy) is 1. The second-order valence-corrected chi connectivity index (χ2v) is 3.83. The minimum Gasteiger partial charge on any atom is -0.497 e. The molecular formula is C12H16N2O3. The highest BCUT2D eigenvalue weighted by Gasteiger charge is 2.07. The highest BCUT2D eigenvalue weighted by Crippen LogP contribution is 2.28. The van der Waals surface area contributed by atoms with Crippen LogP contribution < -0.4 is 10.1 Å². The molecule has 5 heteroatoms. The summed E-state index contributed by atoms with van der Waals surface area (Å²) in [5.41, 5.74) is 1.80. The number of aromatic amines is 1. The van der Waals surface area contributed by atoms with Gasteiger partial charge in [0.05, 0.1) is 31.0 Å². The zero-order valence-corrected chi connectivity index (χ0v) is 9.60. The van der Waals surface area contributed by atoms with E-state index in [1.165, 1.54) is 0 Å². The third kappa shape index (κ3) is 2.51. The highest BCUT2D eigenvalue weighted by atomic mass is 16.5. The minimum atomic E-state index is -0.772. The Labute approximate surface area is 99.0 Å². The number of rotatable bonds is 5. The molecule has 0 fully saturated rings. The van der Waals surface area contributed by atoms with Gasteiger partial charge >= 0.3 is 0 Å². The van der Waals surface area contributed by atoms with Crippen molar-refractivity contribution in [1.82, 2.24) is 4.98 Å². The fourth-order valence-corrected chi connectivity index (χ4v) is 1.69. The number of hydrogen-bond acceptors (Lipinski definition) is 4. The topological polar surface area (TPSA) is 77.5 Å². The van der Waals surface area contributed by atoms with Crippen LogP contribution in [-0.4, -0.2) is 41.6 Å². The van der Waals surface area contributed by atoms with Gasteiger partial charge in [-0.2, -0.15) is 0 Å². The number of fused-ring (bicyclic) bond motifs is 1. The quantitative estimate of drug-likeness (QED) is 0.623. The molecule has 92 valence electrons. The monoisotopic (exact) mass is 236 g/mol. The van der Waals surface area contributed by atoms with E-state index >= 15 is 0 Å². The molecule has 1 unspecified atom stereocenters. The first kappa shape index (κ1) is 11.8. The molecule has 0 saturated heterocycles. The Bertz CT molecular complexity index is 495. The molecule has 17 heavy (non-hydrogen) atoms. The Hall–Kier alpha value is -1.72. The van der Waals surface area contributed by atoms with E-state index in [4.69, 9.17) is 9.84 Å². The maximum absolute atomic E-state index is 9.31. The van der Waals surface area contributed by atoms with E-state index in [2.05, 4.69) is 10.3 Å². The molecule has 2 aromatic rings. The number of benzene rings is 1. The van der Waals surface area contributed by atoms with Crippen molar-refractivity contribution in [2.24, 2.45) is 0 Å². The second kappa shape index (κ2) is 5.07. The Kier molecular flexibility index (Phi) is 3.51. The van der Waals surface area contributed by atoms with Gasteiger partial charge < -0.3 is 25.3 Å². The van der Waals surface area contributed by atoms with Crippen LogP contribution in [0.25, 0.3) is 10.9 Å². The van der Waals surface area contributed by atoms with Crippen molar-refractivity contribution in [3.05, 3.63) is 24.4 Å². The maximum Gasteiger partial charge on any atom is 0.121 e. The van der Waals surface area contributed by atoms with Crippen molar-refractivity contribution in [2.45, 2.75) is 6.10 Å². The van der Waals surface area contributed by atoms with Gasteiger partial charge in [0.15, 0.2) is 0 Å². The lowest BCUT2D eigenvalue weighted by Gasteiger charge is -2.12. The Morgan fingerprint density at radius 3 is 3.00 bits per heavy atom. The standard InChI is InChI=1S/C12H16N2O3/c1-17-10-4-8-2-3-13-12(8)11(5-10)14-6-9(16)7-15/h2-5,9,13-16H,6-7H2,1H3. The largest absolute Gasteiger partial charge is 0.497 e. The molecule has 1 atom stereocenters. The van der Waals surface area contributed by atoms with Crippen molar-refractivity contribution >= 4 is 16.6 Å². The van der Waals surface area contributed by atoms with Gasteiger partial charge in [-0.15, -0.1) is 0 Å². The van der Waals surface area contributed by atoms with Crippen molar-refractivity contribution in [3.63, 3.8) is 0 Å². The summed E-state index contributed by atoms with van der Waals surface area (Å²) < 4.78 is 5.20. The minimum absolute atomic E-state index is 0.259. The molecule has 5 nitrogen and oxygen atoms in total. The Balaban J connectivity index is 2.27. The Morgan fingerprint density at radius 1 is 1.47 bits per heavy atom. The lowest BCUT2D eigenvalue weighted by Crippen LogP contribution is -2.23. The fraction of sp³-hybridized carbons (Fsp3) is 0.333. The lowest BCUT2D eigenvalue weighted by molar-refractivity contribution is 0.105. The summed E-state index contributed by atoms with van der Waals surface area (Å²) in [6.45, 7) is 0.0304. The number of aliphatic hydroxyl groups is 2. The van der Waals surface area contributed by atoms with E-state index in [0.717, 1.165) is 22.3 Å². The zero-order valence-electron chi connectivity index (χ0n) is 9.60. The summed E-state index contributed by atoms with van der Waals surface area (Å²) in [4.78, 5) is 3.12. The number of methoxy groups -OCH3 is 1. The molecule has 0 bridgehead atoms. The van der Waals surface area contributed by atoms with Crippen LogP contribution in [0.2, 0.25) is 0 Å². The van der Waals surface area contributed by atoms with Gasteiger partial charge in [0.25, 0.3) is 0 Å². The molecule has 0 aliphatic rings. The van der Waals surface area contributed by atoms with E-state index in [-0.39, 0.29) is 13.2 Å². The van der Waals surface area contributed by atoms with Crippen LogP contribution >= 0.6 is 0 Å². The molecule has 1 aromatic heterocycles. The molecule has 4 N–H and O–H groups in total. The molecule has 0 radical (unpaired) electrons. The number of nitrogens with one attached hydrogen (secondary N) is 2. The first-order valence-electron chi connectivity index (χ1n) is 5.42. The third-order valence-electron chi connectivity index (χ3n) is 2.61. The molecule has 0 saturated carbocycles. The van der Waals surface area contributed by atoms with E-state index in [0.29, 0.717) is 0 Å². The van der Waals surface area contributed by atoms with E-state index < -0.39 is 6.10 Å². The summed E-state index contributed by atoms with van der Waals surface area (Å²) >= 11 is 0. The number of aromatic nitrogens is 1. The van der Waals surface area contributed by atoms with E-state index in [9.17, 15) is 5.11 Å². The second-order valence-electron chi connectivity index (χ2n) is 3.83. The number of anilines is 1. The lowest BCUT2D eigenvalue weighted by atomic mass is 10.2. The van der Waals surface area contributed by atoms with Gasteiger partial charge in [0.2, 0.25) is 0 Å². The van der Waals surface area contributed by atoms with Crippen molar-refractivity contribution in [2.75, 3.05) is 25.6 Å². The predicted octanol–water partition coefficient (Wildman–Crippen LogP) is 0.942. The van der Waals surface area contributed by atoms with Crippen LogP contribution in [0, 0.1) is 0 Å². The van der Waals surface area contributed by atoms with Gasteiger partial charge in [-0.1, -0.05) is 0 Å². The van der Waals surface area contributed by atoms with Crippen LogP contribution in [0.3, 0.4) is 0 Å². The summed E-state index contributed by atoms with van der Waals surface area (Å²) in [5.74, 6) is 0.748. The maximum atomic E-state index is 9.31. The van der Waals surface area contributed by atoms with Gasteiger partial charge in [0.1, 0.15) is 5.75 Å². The van der Waals surface area contributed by atoms with E-state index in [1.54, 1.807) is 7.11 Å². The zero-order chi connectivity index (χ0) is 12.3. The average Bonchev–Trinajstić information content (AvgIpc) is 2.83. The number of aliphatic hydroxyl groups excluding tert-OH is 2. The van der Waals surface area contributed by atoms with Crippen LogP contribution in [0.5, 0.6) is 5.75 Å². The SMILES string of the molecule is COc1cc(NCC(O)CO)c2[nH]ccc2c1. The van der Waals surface area contributed by atoms with Crippen molar-refractivity contribution < 1.29 is 14.9 Å². The highest BCUT2D eigenvalue weighted by molar-refractivity contribution is 5.92. The normalized spacial score (nSPS) is 12.6. The Morgan fingerprint density at radius 2 is 2.29 bits per heavy atom. The van der Waals surface area contributed by atoms with Crippen molar-refractivity contribution in [3.8, 4) is 5.75 Å². The molecule has 2 rings (SSSR count). The van der Waals surface area contributed by atoms with Gasteiger partial charge in [-0.05, 0) is 12.1 Å². The van der Waals surface area contributed by atoms with Crippen molar-refractivity contribution in [1.29, 1.82) is 0 Å².